The predicted octanol–water partition coefficient (Wildman–Crippen LogP) is 1.48. The van der Waals surface area contributed by atoms with Gasteiger partial charge in [0.1, 0.15) is 5.82 Å². The van der Waals surface area contributed by atoms with E-state index in [1.807, 2.05) is 25.3 Å². The minimum absolute atomic E-state index is 0.0632. The zero-order valence-electron chi connectivity index (χ0n) is 8.35. The van der Waals surface area contributed by atoms with E-state index in [1.54, 1.807) is 0 Å². The summed E-state index contributed by atoms with van der Waals surface area (Å²) in [5.41, 5.74) is 6.84. The SMILES string of the molecule is C[C@@H](N)c1ccc(N2CC=CC2)nc1. The van der Waals surface area contributed by atoms with Crippen LogP contribution in [-0.2, 0) is 0 Å². The molecule has 0 aromatic carbocycles. The van der Waals surface area contributed by atoms with E-state index in [9.17, 15) is 0 Å². The lowest BCUT2D eigenvalue weighted by Crippen LogP contribution is -2.19. The van der Waals surface area contributed by atoms with Crippen LogP contribution in [0.1, 0.15) is 18.5 Å². The Morgan fingerprint density at radius 3 is 2.57 bits per heavy atom. The van der Waals surface area contributed by atoms with Gasteiger partial charge in [-0.05, 0) is 18.6 Å². The second kappa shape index (κ2) is 3.80. The van der Waals surface area contributed by atoms with Crippen LogP contribution >= 0.6 is 0 Å². The molecule has 74 valence electrons. The third kappa shape index (κ3) is 1.77. The van der Waals surface area contributed by atoms with Gasteiger partial charge in [-0.25, -0.2) is 4.98 Å². The van der Waals surface area contributed by atoms with Gasteiger partial charge < -0.3 is 10.6 Å². The van der Waals surface area contributed by atoms with Crippen molar-refractivity contribution in [1.29, 1.82) is 0 Å². The molecule has 3 heteroatoms. The largest absolute Gasteiger partial charge is 0.349 e. The lowest BCUT2D eigenvalue weighted by atomic mass is 10.1. The molecule has 0 unspecified atom stereocenters. The Hall–Kier alpha value is -1.35. The molecule has 0 spiro atoms. The summed E-state index contributed by atoms with van der Waals surface area (Å²) in [6.07, 6.45) is 6.17. The number of anilines is 1. The fraction of sp³-hybridized carbons (Fsp3) is 0.364. The maximum Gasteiger partial charge on any atom is 0.129 e. The van der Waals surface area contributed by atoms with Gasteiger partial charge >= 0.3 is 0 Å². The van der Waals surface area contributed by atoms with Gasteiger partial charge in [0.05, 0.1) is 0 Å². The Labute approximate surface area is 84.2 Å². The summed E-state index contributed by atoms with van der Waals surface area (Å²) < 4.78 is 0. The molecule has 0 saturated carbocycles. The molecular formula is C11H15N3. The number of pyridine rings is 1. The molecule has 0 saturated heterocycles. The van der Waals surface area contributed by atoms with E-state index in [4.69, 9.17) is 5.73 Å². The first-order chi connectivity index (χ1) is 6.77. The number of hydrogen-bond acceptors (Lipinski definition) is 3. The lowest BCUT2D eigenvalue weighted by Gasteiger charge is -2.16. The summed E-state index contributed by atoms with van der Waals surface area (Å²) in [5, 5.41) is 0. The van der Waals surface area contributed by atoms with Crippen molar-refractivity contribution in [3.63, 3.8) is 0 Å². The van der Waals surface area contributed by atoms with E-state index in [1.165, 1.54) is 0 Å². The smallest absolute Gasteiger partial charge is 0.129 e. The highest BCUT2D eigenvalue weighted by atomic mass is 15.2. The van der Waals surface area contributed by atoms with Crippen molar-refractivity contribution in [2.45, 2.75) is 13.0 Å². The standard InChI is InChI=1S/C11H15N3/c1-9(12)10-4-5-11(13-8-10)14-6-2-3-7-14/h2-5,8-9H,6-7,12H2,1H3/t9-/m1/s1. The van der Waals surface area contributed by atoms with Gasteiger partial charge in [0, 0.05) is 25.3 Å². The Morgan fingerprint density at radius 1 is 1.36 bits per heavy atom. The van der Waals surface area contributed by atoms with Crippen molar-refractivity contribution in [3.8, 4) is 0 Å². The van der Waals surface area contributed by atoms with Gasteiger partial charge in [0.15, 0.2) is 0 Å². The molecule has 1 aliphatic rings. The number of nitrogens with two attached hydrogens (primary N) is 1. The molecule has 1 atom stereocenters. The minimum Gasteiger partial charge on any atom is -0.349 e. The maximum absolute atomic E-state index is 5.75. The minimum atomic E-state index is 0.0632. The molecule has 1 aromatic heterocycles. The summed E-state index contributed by atoms with van der Waals surface area (Å²) in [7, 11) is 0. The lowest BCUT2D eigenvalue weighted by molar-refractivity contribution is 0.809. The van der Waals surface area contributed by atoms with Crippen molar-refractivity contribution in [1.82, 2.24) is 4.98 Å². The van der Waals surface area contributed by atoms with Crippen LogP contribution in [0.5, 0.6) is 0 Å². The van der Waals surface area contributed by atoms with Crippen LogP contribution < -0.4 is 10.6 Å². The monoisotopic (exact) mass is 189 g/mol. The van der Waals surface area contributed by atoms with Crippen LogP contribution in [0.3, 0.4) is 0 Å². The molecule has 14 heavy (non-hydrogen) atoms. The highest BCUT2D eigenvalue weighted by Crippen LogP contribution is 2.16. The average Bonchev–Trinajstić information content (AvgIpc) is 2.71. The van der Waals surface area contributed by atoms with Crippen molar-refractivity contribution in [2.75, 3.05) is 18.0 Å². The Bertz CT molecular complexity index is 319. The zero-order valence-corrected chi connectivity index (χ0v) is 8.35. The first-order valence-corrected chi connectivity index (χ1v) is 4.89. The van der Waals surface area contributed by atoms with Gasteiger partial charge in [0.25, 0.3) is 0 Å². The van der Waals surface area contributed by atoms with Gasteiger partial charge in [0.2, 0.25) is 0 Å². The Balaban J connectivity index is 2.13. The van der Waals surface area contributed by atoms with Gasteiger partial charge in [-0.1, -0.05) is 18.2 Å². The fourth-order valence-corrected chi connectivity index (χ4v) is 1.52. The van der Waals surface area contributed by atoms with Crippen molar-refractivity contribution in [2.24, 2.45) is 5.73 Å². The summed E-state index contributed by atoms with van der Waals surface area (Å²) in [5.74, 6) is 1.03. The maximum atomic E-state index is 5.75. The number of hydrogen-bond donors (Lipinski definition) is 1. The van der Waals surface area contributed by atoms with Crippen LogP contribution in [0.15, 0.2) is 30.5 Å². The summed E-state index contributed by atoms with van der Waals surface area (Å²) >= 11 is 0. The van der Waals surface area contributed by atoms with E-state index in [0.717, 1.165) is 24.5 Å². The second-order valence-corrected chi connectivity index (χ2v) is 3.61. The van der Waals surface area contributed by atoms with E-state index in [-0.39, 0.29) is 6.04 Å². The molecule has 0 bridgehead atoms. The second-order valence-electron chi connectivity index (χ2n) is 3.61. The molecule has 1 aliphatic heterocycles. The summed E-state index contributed by atoms with van der Waals surface area (Å²) in [4.78, 5) is 6.60. The van der Waals surface area contributed by atoms with Crippen molar-refractivity contribution < 1.29 is 0 Å². The third-order valence-electron chi connectivity index (χ3n) is 2.44. The topological polar surface area (TPSA) is 42.1 Å². The molecule has 0 fully saturated rings. The fourth-order valence-electron chi connectivity index (χ4n) is 1.52. The van der Waals surface area contributed by atoms with E-state index >= 15 is 0 Å². The average molecular weight is 189 g/mol. The molecular weight excluding hydrogens is 174 g/mol. The van der Waals surface area contributed by atoms with Crippen LogP contribution in [0.25, 0.3) is 0 Å². The van der Waals surface area contributed by atoms with Crippen LogP contribution in [0, 0.1) is 0 Å². The van der Waals surface area contributed by atoms with Crippen LogP contribution in [-0.4, -0.2) is 18.1 Å². The van der Waals surface area contributed by atoms with Crippen molar-refractivity contribution >= 4 is 5.82 Å². The quantitative estimate of drug-likeness (QED) is 0.716. The first kappa shape index (κ1) is 9.21. The normalized spacial score (nSPS) is 17.4. The van der Waals surface area contributed by atoms with Crippen molar-refractivity contribution in [3.05, 3.63) is 36.0 Å². The zero-order chi connectivity index (χ0) is 9.97. The van der Waals surface area contributed by atoms with Gasteiger partial charge in [-0.2, -0.15) is 0 Å². The molecule has 1 aromatic rings. The van der Waals surface area contributed by atoms with E-state index in [0.29, 0.717) is 0 Å². The first-order valence-electron chi connectivity index (χ1n) is 4.89. The highest BCUT2D eigenvalue weighted by molar-refractivity contribution is 5.43. The molecule has 0 aliphatic carbocycles. The highest BCUT2D eigenvalue weighted by Gasteiger charge is 2.08. The molecule has 3 nitrogen and oxygen atoms in total. The van der Waals surface area contributed by atoms with Gasteiger partial charge in [-0.15, -0.1) is 0 Å². The van der Waals surface area contributed by atoms with Gasteiger partial charge in [-0.3, -0.25) is 0 Å². The summed E-state index contributed by atoms with van der Waals surface area (Å²) in [6, 6.07) is 4.14. The predicted molar refractivity (Wildman–Crippen MR) is 58.2 cm³/mol. The number of rotatable bonds is 2. The van der Waals surface area contributed by atoms with E-state index in [2.05, 4.69) is 22.0 Å². The number of nitrogens with zero attached hydrogens (tertiary/aromatic N) is 2. The summed E-state index contributed by atoms with van der Waals surface area (Å²) in [6.45, 7) is 3.89. The molecule has 0 radical (unpaired) electrons. The van der Waals surface area contributed by atoms with Crippen LogP contribution in [0.2, 0.25) is 0 Å². The third-order valence-corrected chi connectivity index (χ3v) is 2.44. The number of aromatic nitrogens is 1. The Kier molecular flexibility index (Phi) is 2.50. The molecule has 2 rings (SSSR count). The van der Waals surface area contributed by atoms with Crippen LogP contribution in [0.4, 0.5) is 5.82 Å². The molecule has 2 N–H and O–H groups in total. The molecule has 2 heterocycles. The Morgan fingerprint density at radius 2 is 2.07 bits per heavy atom. The molecule has 0 amide bonds. The van der Waals surface area contributed by atoms with E-state index < -0.39 is 0 Å².